The van der Waals surface area contributed by atoms with Crippen LogP contribution in [0.4, 0.5) is 5.69 Å². The molecule has 6 heteroatoms. The Balaban J connectivity index is 1.75. The van der Waals surface area contributed by atoms with E-state index in [0.29, 0.717) is 28.2 Å². The number of hydrogen-bond acceptors (Lipinski definition) is 4. The van der Waals surface area contributed by atoms with Crippen LogP contribution in [0.1, 0.15) is 5.56 Å². The molecule has 4 rings (SSSR count). The summed E-state index contributed by atoms with van der Waals surface area (Å²) in [6.07, 6.45) is 1.82. The minimum absolute atomic E-state index is 0.0917. The van der Waals surface area contributed by atoms with Crippen LogP contribution in [-0.2, 0) is 9.53 Å². The van der Waals surface area contributed by atoms with Crippen LogP contribution in [0.5, 0.6) is 0 Å². The molecule has 1 aliphatic rings. The van der Waals surface area contributed by atoms with Crippen molar-refractivity contribution in [2.75, 3.05) is 20.3 Å². The van der Waals surface area contributed by atoms with Crippen LogP contribution in [-0.4, -0.2) is 36.2 Å². The Morgan fingerprint density at radius 2 is 1.83 bits per heavy atom. The summed E-state index contributed by atoms with van der Waals surface area (Å²) < 4.78 is 5.19. The first kappa shape index (κ1) is 19.7. The van der Waals surface area contributed by atoms with Crippen molar-refractivity contribution in [3.05, 3.63) is 82.2 Å². The molecule has 1 heterocycles. The zero-order chi connectivity index (χ0) is 20.2. The minimum Gasteiger partial charge on any atom is -0.383 e. The highest BCUT2D eigenvalue weighted by Gasteiger charge is 2.33. The maximum atomic E-state index is 13.0. The molecule has 1 amide bonds. The van der Waals surface area contributed by atoms with Gasteiger partial charge in [0.1, 0.15) is 0 Å². The summed E-state index contributed by atoms with van der Waals surface area (Å²) in [4.78, 5) is 20.1. The van der Waals surface area contributed by atoms with Gasteiger partial charge in [0.05, 0.1) is 23.7 Å². The van der Waals surface area contributed by atoms with Crippen LogP contribution in [0.3, 0.4) is 0 Å². The minimum atomic E-state index is -0.0917. The summed E-state index contributed by atoms with van der Waals surface area (Å²) in [7, 11) is 1.62. The van der Waals surface area contributed by atoms with Crippen LogP contribution < -0.4 is 0 Å². The van der Waals surface area contributed by atoms with Gasteiger partial charge in [0.15, 0.2) is 5.17 Å². The van der Waals surface area contributed by atoms with E-state index in [1.54, 1.807) is 12.0 Å². The molecular weight excluding hydrogens is 404 g/mol. The molecule has 0 aliphatic carbocycles. The number of carbonyl (C=O) groups is 1. The Morgan fingerprint density at radius 1 is 1.07 bits per heavy atom. The van der Waals surface area contributed by atoms with E-state index in [9.17, 15) is 4.79 Å². The second kappa shape index (κ2) is 8.82. The van der Waals surface area contributed by atoms with Crippen molar-refractivity contribution in [3.8, 4) is 0 Å². The molecular formula is C23H19ClN2O2S. The molecule has 1 fully saturated rings. The fourth-order valence-electron chi connectivity index (χ4n) is 3.11. The largest absolute Gasteiger partial charge is 0.383 e. The number of ether oxygens (including phenoxy) is 1. The zero-order valence-electron chi connectivity index (χ0n) is 15.8. The van der Waals surface area contributed by atoms with Gasteiger partial charge in [-0.05, 0) is 40.9 Å². The lowest BCUT2D eigenvalue weighted by molar-refractivity contribution is -0.122. The Hall–Kier alpha value is -2.60. The number of amidine groups is 1. The highest BCUT2D eigenvalue weighted by Crippen LogP contribution is 2.36. The average Bonchev–Trinajstić information content (AvgIpc) is 3.02. The molecule has 1 aliphatic heterocycles. The predicted octanol–water partition coefficient (Wildman–Crippen LogP) is 5.74. The number of methoxy groups -OCH3 is 1. The lowest BCUT2D eigenvalue weighted by Gasteiger charge is -2.15. The van der Waals surface area contributed by atoms with Gasteiger partial charge >= 0.3 is 0 Å². The third-order valence-corrected chi connectivity index (χ3v) is 5.93. The van der Waals surface area contributed by atoms with E-state index in [0.717, 1.165) is 22.0 Å². The number of fused-ring (bicyclic) bond motifs is 1. The first-order chi connectivity index (χ1) is 14.2. The van der Waals surface area contributed by atoms with Gasteiger partial charge in [-0.1, -0.05) is 66.2 Å². The van der Waals surface area contributed by atoms with Gasteiger partial charge in [0.2, 0.25) is 0 Å². The molecule has 0 atom stereocenters. The number of aliphatic imine (C=N–C) groups is 1. The van der Waals surface area contributed by atoms with E-state index in [4.69, 9.17) is 21.3 Å². The Kier molecular flexibility index (Phi) is 6.00. The third-order valence-electron chi connectivity index (χ3n) is 4.58. The van der Waals surface area contributed by atoms with Crippen molar-refractivity contribution >= 4 is 57.0 Å². The first-order valence-corrected chi connectivity index (χ1v) is 10.4. The Morgan fingerprint density at radius 3 is 2.66 bits per heavy atom. The topological polar surface area (TPSA) is 41.9 Å². The second-order valence-corrected chi connectivity index (χ2v) is 7.89. The predicted molar refractivity (Wildman–Crippen MR) is 122 cm³/mol. The Bertz CT molecular complexity index is 1120. The molecule has 29 heavy (non-hydrogen) atoms. The van der Waals surface area contributed by atoms with Crippen molar-refractivity contribution < 1.29 is 9.53 Å². The summed E-state index contributed by atoms with van der Waals surface area (Å²) >= 11 is 7.63. The molecule has 3 aromatic carbocycles. The van der Waals surface area contributed by atoms with Gasteiger partial charge in [-0.25, -0.2) is 4.99 Å². The molecule has 0 N–H and O–H groups in total. The van der Waals surface area contributed by atoms with Gasteiger partial charge in [-0.15, -0.1) is 0 Å². The fourth-order valence-corrected chi connectivity index (χ4v) is 4.31. The van der Waals surface area contributed by atoms with Crippen molar-refractivity contribution in [1.29, 1.82) is 0 Å². The van der Waals surface area contributed by atoms with Gasteiger partial charge in [-0.3, -0.25) is 9.69 Å². The van der Waals surface area contributed by atoms with Crippen molar-refractivity contribution in [2.24, 2.45) is 4.99 Å². The molecule has 0 saturated carbocycles. The highest BCUT2D eigenvalue weighted by molar-refractivity contribution is 8.18. The third kappa shape index (κ3) is 4.22. The van der Waals surface area contributed by atoms with Crippen LogP contribution in [0.25, 0.3) is 16.8 Å². The standard InChI is InChI=1S/C23H19ClN2O2S/c1-28-14-13-26-22(27)21(15-17-8-3-5-11-19(17)24)29-23(26)25-20-12-6-9-16-7-2-4-10-18(16)20/h2-12,15H,13-14H2,1H3/b21-15-,25-23?. The molecule has 0 spiro atoms. The van der Waals surface area contributed by atoms with Gasteiger partial charge in [-0.2, -0.15) is 0 Å². The number of nitrogens with zero attached hydrogens (tertiary/aromatic N) is 2. The SMILES string of the molecule is COCCN1C(=O)/C(=C/c2ccccc2Cl)SC1=Nc1cccc2ccccc12. The first-order valence-electron chi connectivity index (χ1n) is 9.19. The summed E-state index contributed by atoms with van der Waals surface area (Å²) in [5.41, 5.74) is 1.64. The number of carbonyl (C=O) groups excluding carboxylic acids is 1. The monoisotopic (exact) mass is 422 g/mol. The lowest BCUT2D eigenvalue weighted by atomic mass is 10.1. The summed E-state index contributed by atoms with van der Waals surface area (Å²) in [6, 6.07) is 21.5. The Labute approximate surface area is 178 Å². The molecule has 0 bridgehead atoms. The molecule has 4 nitrogen and oxygen atoms in total. The van der Waals surface area contributed by atoms with Gasteiger partial charge in [0, 0.05) is 17.5 Å². The van der Waals surface area contributed by atoms with Gasteiger partial charge < -0.3 is 4.74 Å². The average molecular weight is 423 g/mol. The number of hydrogen-bond donors (Lipinski definition) is 0. The fraction of sp³-hybridized carbons (Fsp3) is 0.130. The zero-order valence-corrected chi connectivity index (χ0v) is 17.4. The van der Waals surface area contributed by atoms with E-state index >= 15 is 0 Å². The van der Waals surface area contributed by atoms with Crippen molar-refractivity contribution in [2.45, 2.75) is 0 Å². The van der Waals surface area contributed by atoms with E-state index < -0.39 is 0 Å². The van der Waals surface area contributed by atoms with Crippen LogP contribution in [0, 0.1) is 0 Å². The van der Waals surface area contributed by atoms with Crippen molar-refractivity contribution in [3.63, 3.8) is 0 Å². The van der Waals surface area contributed by atoms with Crippen LogP contribution >= 0.6 is 23.4 Å². The number of halogens is 1. The quantitative estimate of drug-likeness (QED) is 0.492. The van der Waals surface area contributed by atoms with Crippen LogP contribution in [0.15, 0.2) is 76.6 Å². The second-order valence-electron chi connectivity index (χ2n) is 6.47. The molecule has 0 unspecified atom stereocenters. The number of rotatable bonds is 5. The van der Waals surface area contributed by atoms with E-state index in [-0.39, 0.29) is 5.91 Å². The van der Waals surface area contributed by atoms with E-state index in [1.807, 2.05) is 60.7 Å². The number of thioether (sulfide) groups is 1. The summed E-state index contributed by atoms with van der Waals surface area (Å²) in [5, 5.41) is 3.41. The maximum absolute atomic E-state index is 13.0. The van der Waals surface area contributed by atoms with Crippen molar-refractivity contribution in [1.82, 2.24) is 4.90 Å². The van der Waals surface area contributed by atoms with Gasteiger partial charge in [0.25, 0.3) is 5.91 Å². The van der Waals surface area contributed by atoms with E-state index in [1.165, 1.54) is 11.8 Å². The molecule has 146 valence electrons. The highest BCUT2D eigenvalue weighted by atomic mass is 35.5. The molecule has 0 radical (unpaired) electrons. The molecule has 0 aromatic heterocycles. The normalized spacial score (nSPS) is 17.0. The molecule has 3 aromatic rings. The summed E-state index contributed by atoms with van der Waals surface area (Å²) in [6.45, 7) is 0.867. The van der Waals surface area contributed by atoms with E-state index in [2.05, 4.69) is 12.1 Å². The number of benzene rings is 3. The smallest absolute Gasteiger partial charge is 0.266 e. The number of amides is 1. The van der Waals surface area contributed by atoms with Crippen LogP contribution in [0.2, 0.25) is 5.02 Å². The molecule has 1 saturated heterocycles. The summed E-state index contributed by atoms with van der Waals surface area (Å²) in [5.74, 6) is -0.0917. The lowest BCUT2D eigenvalue weighted by Crippen LogP contribution is -2.32. The maximum Gasteiger partial charge on any atom is 0.266 e.